The summed E-state index contributed by atoms with van der Waals surface area (Å²) in [5, 5.41) is 7.57. The van der Waals surface area contributed by atoms with Crippen LogP contribution in [0.1, 0.15) is 59.4 Å². The van der Waals surface area contributed by atoms with E-state index in [1.165, 1.54) is 5.56 Å². The van der Waals surface area contributed by atoms with Crippen molar-refractivity contribution in [3.05, 3.63) is 23.8 Å². The van der Waals surface area contributed by atoms with E-state index in [0.29, 0.717) is 0 Å². The molecule has 1 aromatic heterocycles. The number of nitrogens with one attached hydrogen (secondary N) is 2. The number of nitrogens with zero attached hydrogens (tertiary/aromatic N) is 3. The van der Waals surface area contributed by atoms with Crippen LogP contribution in [0.3, 0.4) is 0 Å². The lowest BCUT2D eigenvalue weighted by molar-refractivity contribution is 0.0448. The van der Waals surface area contributed by atoms with Crippen molar-refractivity contribution >= 4 is 28.8 Å². The largest absolute Gasteiger partial charge is 0.444 e. The number of benzene rings is 1. The van der Waals surface area contributed by atoms with Crippen LogP contribution in [0, 0.1) is 6.92 Å². The molecule has 2 aromatic rings. The molecular weight excluding hydrogens is 378 g/mol. The van der Waals surface area contributed by atoms with Crippen molar-refractivity contribution in [1.29, 1.82) is 0 Å². The Kier molecular flexibility index (Phi) is 6.38. The predicted octanol–water partition coefficient (Wildman–Crippen LogP) is 4.64. The van der Waals surface area contributed by atoms with Gasteiger partial charge in [-0.15, -0.1) is 0 Å². The number of rotatable bonds is 5. The molecule has 1 saturated heterocycles. The third-order valence-electron chi connectivity index (χ3n) is 5.33. The summed E-state index contributed by atoms with van der Waals surface area (Å²) < 4.78 is 5.43. The molecule has 1 aromatic carbocycles. The monoisotopic (exact) mass is 413 g/mol. The van der Waals surface area contributed by atoms with E-state index in [2.05, 4.69) is 54.5 Å². The molecule has 0 bridgehead atoms. The molecule has 1 aliphatic heterocycles. The van der Waals surface area contributed by atoms with Crippen LogP contribution in [0.25, 0.3) is 10.9 Å². The molecule has 2 heterocycles. The van der Waals surface area contributed by atoms with Crippen LogP contribution >= 0.6 is 0 Å². The lowest BCUT2D eigenvalue weighted by Gasteiger charge is -2.40. The topological polar surface area (TPSA) is 79.4 Å². The molecule has 1 fully saturated rings. The van der Waals surface area contributed by atoms with Gasteiger partial charge in [0.05, 0.1) is 5.52 Å². The van der Waals surface area contributed by atoms with Gasteiger partial charge in [0, 0.05) is 30.6 Å². The van der Waals surface area contributed by atoms with Crippen molar-refractivity contribution in [2.45, 2.75) is 71.9 Å². The highest BCUT2D eigenvalue weighted by atomic mass is 16.6. The van der Waals surface area contributed by atoms with Gasteiger partial charge in [-0.1, -0.05) is 18.6 Å². The van der Waals surface area contributed by atoms with Crippen molar-refractivity contribution in [2.24, 2.45) is 0 Å². The smallest absolute Gasteiger partial charge is 0.408 e. The molecule has 0 radical (unpaired) electrons. The molecule has 0 saturated carbocycles. The summed E-state index contributed by atoms with van der Waals surface area (Å²) in [5.41, 5.74) is 1.35. The first kappa shape index (κ1) is 22.1. The van der Waals surface area contributed by atoms with Crippen LogP contribution < -0.4 is 15.5 Å². The van der Waals surface area contributed by atoms with Crippen molar-refractivity contribution in [1.82, 2.24) is 15.3 Å². The third-order valence-corrected chi connectivity index (χ3v) is 5.33. The Labute approximate surface area is 179 Å². The van der Waals surface area contributed by atoms with Gasteiger partial charge < -0.3 is 20.3 Å². The van der Waals surface area contributed by atoms with Crippen molar-refractivity contribution in [3.63, 3.8) is 0 Å². The fraction of sp³-hybridized carbons (Fsp3) is 0.609. The van der Waals surface area contributed by atoms with Crippen molar-refractivity contribution in [3.8, 4) is 0 Å². The maximum Gasteiger partial charge on any atom is 0.408 e. The Bertz CT molecular complexity index is 898. The van der Waals surface area contributed by atoms with Crippen LogP contribution in [0.5, 0.6) is 0 Å². The number of amides is 1. The standard InChI is InChI=1S/C23H35N5O2/c1-7-12-24-19-17-15-16(2)8-9-18(17)25-20(26-19)28-13-10-23(6,11-14-28)27-21(29)30-22(3,4)5/h8-9,15H,7,10-14H2,1-6H3,(H,27,29)(H,24,25,26). The summed E-state index contributed by atoms with van der Waals surface area (Å²) in [6, 6.07) is 6.28. The summed E-state index contributed by atoms with van der Waals surface area (Å²) in [7, 11) is 0. The lowest BCUT2D eigenvalue weighted by Crippen LogP contribution is -2.54. The molecular formula is C23H35N5O2. The van der Waals surface area contributed by atoms with Gasteiger partial charge in [0.1, 0.15) is 11.4 Å². The zero-order valence-electron chi connectivity index (χ0n) is 19.1. The number of aromatic nitrogens is 2. The Balaban J connectivity index is 1.74. The Morgan fingerprint density at radius 2 is 1.93 bits per heavy atom. The average molecular weight is 414 g/mol. The van der Waals surface area contributed by atoms with Gasteiger partial charge in [0.25, 0.3) is 0 Å². The number of aryl methyl sites for hydroxylation is 1. The van der Waals surface area contributed by atoms with E-state index < -0.39 is 5.60 Å². The summed E-state index contributed by atoms with van der Waals surface area (Å²) in [6.45, 7) is 14.4. The van der Waals surface area contributed by atoms with E-state index in [0.717, 1.165) is 61.6 Å². The minimum absolute atomic E-state index is 0.296. The highest BCUT2D eigenvalue weighted by Gasteiger charge is 2.34. The lowest BCUT2D eigenvalue weighted by atomic mass is 9.90. The number of fused-ring (bicyclic) bond motifs is 1. The fourth-order valence-corrected chi connectivity index (χ4v) is 3.62. The van der Waals surface area contributed by atoms with Gasteiger partial charge in [0.15, 0.2) is 0 Å². The van der Waals surface area contributed by atoms with E-state index in [-0.39, 0.29) is 11.6 Å². The Morgan fingerprint density at radius 3 is 2.57 bits per heavy atom. The van der Waals surface area contributed by atoms with E-state index in [4.69, 9.17) is 14.7 Å². The first-order valence-electron chi connectivity index (χ1n) is 10.9. The molecule has 1 amide bonds. The normalized spacial score (nSPS) is 16.4. The van der Waals surface area contributed by atoms with Gasteiger partial charge in [-0.25, -0.2) is 9.78 Å². The van der Waals surface area contributed by atoms with Crippen LogP contribution in [-0.4, -0.2) is 46.8 Å². The first-order chi connectivity index (χ1) is 14.1. The molecule has 30 heavy (non-hydrogen) atoms. The molecule has 0 aliphatic carbocycles. The number of piperidine rings is 1. The predicted molar refractivity (Wildman–Crippen MR) is 122 cm³/mol. The van der Waals surface area contributed by atoms with Crippen LogP contribution in [0.2, 0.25) is 0 Å². The SMILES string of the molecule is CCCNc1nc(N2CCC(C)(NC(=O)OC(C)(C)C)CC2)nc2ccc(C)cc12. The van der Waals surface area contributed by atoms with Crippen molar-refractivity contribution < 1.29 is 9.53 Å². The highest BCUT2D eigenvalue weighted by Crippen LogP contribution is 2.29. The number of anilines is 2. The molecule has 2 N–H and O–H groups in total. The van der Waals surface area contributed by atoms with Gasteiger partial charge in [0.2, 0.25) is 5.95 Å². The number of hydrogen-bond donors (Lipinski definition) is 2. The van der Waals surface area contributed by atoms with E-state index >= 15 is 0 Å². The molecule has 3 rings (SSSR count). The second kappa shape index (κ2) is 8.66. The Hall–Kier alpha value is -2.57. The highest BCUT2D eigenvalue weighted by molar-refractivity contribution is 5.90. The number of alkyl carbamates (subject to hydrolysis) is 1. The van der Waals surface area contributed by atoms with Gasteiger partial charge >= 0.3 is 6.09 Å². The number of ether oxygens (including phenoxy) is 1. The van der Waals surface area contributed by atoms with Crippen LogP contribution in [-0.2, 0) is 4.74 Å². The zero-order chi connectivity index (χ0) is 21.9. The summed E-state index contributed by atoms with van der Waals surface area (Å²) >= 11 is 0. The maximum absolute atomic E-state index is 12.2. The number of hydrogen-bond acceptors (Lipinski definition) is 6. The fourth-order valence-electron chi connectivity index (χ4n) is 3.62. The second-order valence-corrected chi connectivity index (χ2v) is 9.49. The van der Waals surface area contributed by atoms with Gasteiger partial charge in [-0.05, 0) is 66.0 Å². The number of carbonyl (C=O) groups is 1. The molecule has 164 valence electrons. The minimum atomic E-state index is -0.500. The first-order valence-corrected chi connectivity index (χ1v) is 10.9. The number of carbonyl (C=O) groups excluding carboxylic acids is 1. The summed E-state index contributed by atoms with van der Waals surface area (Å²) in [5.74, 6) is 1.63. The summed E-state index contributed by atoms with van der Waals surface area (Å²) in [6.07, 6.45) is 2.28. The molecule has 0 atom stereocenters. The maximum atomic E-state index is 12.2. The quantitative estimate of drug-likeness (QED) is 0.743. The zero-order valence-corrected chi connectivity index (χ0v) is 19.1. The second-order valence-electron chi connectivity index (χ2n) is 9.49. The van der Waals surface area contributed by atoms with Crippen molar-refractivity contribution in [2.75, 3.05) is 29.9 Å². The molecule has 0 spiro atoms. The van der Waals surface area contributed by atoms with Gasteiger partial charge in [-0.2, -0.15) is 4.98 Å². The van der Waals surface area contributed by atoms with Gasteiger partial charge in [-0.3, -0.25) is 0 Å². The average Bonchev–Trinajstić information content (AvgIpc) is 2.64. The molecule has 7 nitrogen and oxygen atoms in total. The van der Waals surface area contributed by atoms with E-state index in [9.17, 15) is 4.79 Å². The molecule has 1 aliphatic rings. The minimum Gasteiger partial charge on any atom is -0.444 e. The van der Waals surface area contributed by atoms with Crippen LogP contribution in [0.4, 0.5) is 16.6 Å². The van der Waals surface area contributed by atoms with E-state index in [1.54, 1.807) is 0 Å². The Morgan fingerprint density at radius 1 is 1.23 bits per heavy atom. The van der Waals surface area contributed by atoms with E-state index in [1.807, 2.05) is 20.8 Å². The van der Waals surface area contributed by atoms with Crippen LogP contribution in [0.15, 0.2) is 18.2 Å². The molecule has 0 unspecified atom stereocenters. The third kappa shape index (κ3) is 5.52. The molecule has 7 heteroatoms. The summed E-state index contributed by atoms with van der Waals surface area (Å²) in [4.78, 5) is 24.1.